The van der Waals surface area contributed by atoms with Gasteiger partial charge in [0.2, 0.25) is 11.8 Å². The largest absolute Gasteiger partial charge is 0.352 e. The van der Waals surface area contributed by atoms with E-state index in [9.17, 15) is 18.0 Å². The second-order valence-corrected chi connectivity index (χ2v) is 9.17. The molecule has 2 amide bonds. The van der Waals surface area contributed by atoms with Gasteiger partial charge in [-0.15, -0.1) is 0 Å². The van der Waals surface area contributed by atoms with Gasteiger partial charge in [0.15, 0.2) is 9.84 Å². The molecule has 2 N–H and O–H groups in total. The number of halogens is 1. The molecule has 1 saturated carbocycles. The highest BCUT2D eigenvalue weighted by atomic mass is 35.5. The van der Waals surface area contributed by atoms with Crippen LogP contribution >= 0.6 is 11.6 Å². The molecule has 130 valence electrons. The van der Waals surface area contributed by atoms with E-state index in [4.69, 9.17) is 11.6 Å². The van der Waals surface area contributed by atoms with Crippen LogP contribution in [0.5, 0.6) is 0 Å². The van der Waals surface area contributed by atoms with Crippen molar-refractivity contribution in [3.63, 3.8) is 0 Å². The average Bonchev–Trinajstić information content (AvgIpc) is 3.23. The zero-order valence-electron chi connectivity index (χ0n) is 13.2. The third-order valence-corrected chi connectivity index (χ3v) is 6.50. The van der Waals surface area contributed by atoms with Crippen LogP contribution in [0.2, 0.25) is 5.02 Å². The molecular formula is C16H19ClN2O4S. The van der Waals surface area contributed by atoms with Crippen molar-refractivity contribution in [2.75, 3.05) is 16.8 Å². The van der Waals surface area contributed by atoms with Gasteiger partial charge in [0.25, 0.3) is 0 Å². The van der Waals surface area contributed by atoms with Gasteiger partial charge in [0.1, 0.15) is 0 Å². The van der Waals surface area contributed by atoms with E-state index in [1.165, 1.54) is 0 Å². The van der Waals surface area contributed by atoms with Crippen molar-refractivity contribution in [3.8, 4) is 0 Å². The first-order valence-corrected chi connectivity index (χ1v) is 10.0. The summed E-state index contributed by atoms with van der Waals surface area (Å²) in [5.74, 6) is -1.10. The third kappa shape index (κ3) is 3.89. The first kappa shape index (κ1) is 17.2. The standard InChI is InChI=1S/C16H19ClN2O4S/c1-9-2-3-10(17)6-14(9)19-16(21)13-7-12(13)15(20)18-11-4-5-24(22,23)8-11/h2-3,6,11-13H,4-5,7-8H2,1H3,(H,18,20)(H,19,21). The molecule has 0 radical (unpaired) electrons. The van der Waals surface area contributed by atoms with E-state index in [2.05, 4.69) is 10.6 Å². The fraction of sp³-hybridized carbons (Fsp3) is 0.500. The van der Waals surface area contributed by atoms with Crippen molar-refractivity contribution in [3.05, 3.63) is 28.8 Å². The zero-order valence-corrected chi connectivity index (χ0v) is 14.8. The van der Waals surface area contributed by atoms with Crippen LogP contribution in [-0.4, -0.2) is 37.8 Å². The summed E-state index contributed by atoms with van der Waals surface area (Å²) in [6, 6.07) is 4.91. The molecule has 24 heavy (non-hydrogen) atoms. The molecule has 1 aliphatic heterocycles. The summed E-state index contributed by atoms with van der Waals surface area (Å²) in [5.41, 5.74) is 1.53. The highest BCUT2D eigenvalue weighted by Gasteiger charge is 2.48. The molecule has 1 aliphatic carbocycles. The molecule has 6 nitrogen and oxygen atoms in total. The molecular weight excluding hydrogens is 352 g/mol. The lowest BCUT2D eigenvalue weighted by atomic mass is 10.2. The normalized spacial score (nSPS) is 27.5. The highest BCUT2D eigenvalue weighted by Crippen LogP contribution is 2.40. The first-order chi connectivity index (χ1) is 11.2. The predicted octanol–water partition coefficient (Wildman–Crippen LogP) is 1.53. The van der Waals surface area contributed by atoms with Crippen molar-refractivity contribution >= 4 is 38.9 Å². The molecule has 2 fully saturated rings. The van der Waals surface area contributed by atoms with Crippen LogP contribution in [0, 0.1) is 18.8 Å². The molecule has 3 atom stereocenters. The van der Waals surface area contributed by atoms with Gasteiger partial charge < -0.3 is 10.6 Å². The summed E-state index contributed by atoms with van der Waals surface area (Å²) in [6.07, 6.45) is 0.927. The van der Waals surface area contributed by atoms with Crippen molar-refractivity contribution in [1.82, 2.24) is 5.32 Å². The molecule has 2 aliphatic rings. The summed E-state index contributed by atoms with van der Waals surface area (Å²) >= 11 is 5.93. The Morgan fingerprint density at radius 2 is 1.92 bits per heavy atom. The van der Waals surface area contributed by atoms with Crippen LogP contribution in [0.1, 0.15) is 18.4 Å². The summed E-state index contributed by atoms with van der Waals surface area (Å²) in [4.78, 5) is 24.4. The van der Waals surface area contributed by atoms with Crippen LogP contribution < -0.4 is 10.6 Å². The molecule has 8 heteroatoms. The molecule has 1 aromatic rings. The Morgan fingerprint density at radius 3 is 2.58 bits per heavy atom. The smallest absolute Gasteiger partial charge is 0.228 e. The van der Waals surface area contributed by atoms with Crippen LogP contribution in [0.15, 0.2) is 18.2 Å². The maximum Gasteiger partial charge on any atom is 0.228 e. The van der Waals surface area contributed by atoms with Gasteiger partial charge in [0.05, 0.1) is 23.3 Å². The average molecular weight is 371 g/mol. The number of hydrogen-bond donors (Lipinski definition) is 2. The fourth-order valence-electron chi connectivity index (χ4n) is 2.95. The SMILES string of the molecule is Cc1ccc(Cl)cc1NC(=O)C1CC1C(=O)NC1CCS(=O)(=O)C1. The number of anilines is 1. The minimum atomic E-state index is -3.03. The summed E-state index contributed by atoms with van der Waals surface area (Å²) in [7, 11) is -3.03. The molecule has 3 rings (SSSR count). The van der Waals surface area contributed by atoms with Crippen LogP contribution in [0.25, 0.3) is 0 Å². The maximum absolute atomic E-state index is 12.3. The minimum Gasteiger partial charge on any atom is -0.352 e. The Morgan fingerprint density at radius 1 is 1.21 bits per heavy atom. The van der Waals surface area contributed by atoms with Gasteiger partial charge in [0, 0.05) is 16.8 Å². The van der Waals surface area contributed by atoms with E-state index in [-0.39, 0.29) is 41.2 Å². The van der Waals surface area contributed by atoms with E-state index < -0.39 is 9.84 Å². The van der Waals surface area contributed by atoms with E-state index in [1.54, 1.807) is 12.1 Å². The molecule has 1 saturated heterocycles. The Bertz CT molecular complexity index is 793. The molecule has 0 spiro atoms. The number of aryl methyl sites for hydroxylation is 1. The number of hydrogen-bond acceptors (Lipinski definition) is 4. The summed E-state index contributed by atoms with van der Waals surface area (Å²) in [5, 5.41) is 6.08. The van der Waals surface area contributed by atoms with Crippen molar-refractivity contribution in [2.45, 2.75) is 25.8 Å². The minimum absolute atomic E-state index is 0.00989. The number of amides is 2. The number of carbonyl (C=O) groups excluding carboxylic acids is 2. The predicted molar refractivity (Wildman–Crippen MR) is 91.6 cm³/mol. The van der Waals surface area contributed by atoms with Crippen LogP contribution in [0.3, 0.4) is 0 Å². The highest BCUT2D eigenvalue weighted by molar-refractivity contribution is 7.91. The number of nitrogens with one attached hydrogen (secondary N) is 2. The number of rotatable bonds is 4. The van der Waals surface area contributed by atoms with E-state index in [1.807, 2.05) is 13.0 Å². The second-order valence-electron chi connectivity index (χ2n) is 6.51. The maximum atomic E-state index is 12.3. The molecule has 1 heterocycles. The quantitative estimate of drug-likeness (QED) is 0.840. The van der Waals surface area contributed by atoms with Gasteiger partial charge >= 0.3 is 0 Å². The molecule has 3 unspecified atom stereocenters. The van der Waals surface area contributed by atoms with Crippen molar-refractivity contribution < 1.29 is 18.0 Å². The first-order valence-electron chi connectivity index (χ1n) is 7.83. The fourth-order valence-corrected chi connectivity index (χ4v) is 4.79. The van der Waals surface area contributed by atoms with Gasteiger partial charge in [-0.1, -0.05) is 17.7 Å². The number of sulfone groups is 1. The summed E-state index contributed by atoms with van der Waals surface area (Å²) < 4.78 is 22.8. The van der Waals surface area contributed by atoms with Crippen LogP contribution in [0.4, 0.5) is 5.69 Å². The van der Waals surface area contributed by atoms with Crippen molar-refractivity contribution in [1.29, 1.82) is 0 Å². The Kier molecular flexibility index (Phi) is 4.57. The molecule has 0 aromatic heterocycles. The Labute approximate surface area is 145 Å². The monoisotopic (exact) mass is 370 g/mol. The van der Waals surface area contributed by atoms with E-state index >= 15 is 0 Å². The van der Waals surface area contributed by atoms with Crippen LogP contribution in [-0.2, 0) is 19.4 Å². The second kappa shape index (κ2) is 6.37. The van der Waals surface area contributed by atoms with E-state index in [0.717, 1.165) is 5.56 Å². The van der Waals surface area contributed by atoms with Crippen molar-refractivity contribution in [2.24, 2.45) is 11.8 Å². The topological polar surface area (TPSA) is 92.3 Å². The number of carbonyl (C=O) groups is 2. The molecule has 1 aromatic carbocycles. The van der Waals surface area contributed by atoms with Gasteiger partial charge in [-0.3, -0.25) is 9.59 Å². The Hall–Kier alpha value is -1.60. The Balaban J connectivity index is 1.54. The summed E-state index contributed by atoms with van der Waals surface area (Å²) in [6.45, 7) is 1.86. The lowest BCUT2D eigenvalue weighted by molar-refractivity contribution is -0.125. The van der Waals surface area contributed by atoms with E-state index in [0.29, 0.717) is 23.6 Å². The number of benzene rings is 1. The van der Waals surface area contributed by atoms with Gasteiger partial charge in [-0.25, -0.2) is 8.42 Å². The third-order valence-electron chi connectivity index (χ3n) is 4.50. The lowest BCUT2D eigenvalue weighted by Gasteiger charge is -2.11. The van der Waals surface area contributed by atoms with Gasteiger partial charge in [-0.05, 0) is 37.5 Å². The van der Waals surface area contributed by atoms with Gasteiger partial charge in [-0.2, -0.15) is 0 Å². The lowest BCUT2D eigenvalue weighted by Crippen LogP contribution is -2.37. The zero-order chi connectivity index (χ0) is 17.5. The molecule has 0 bridgehead atoms.